The summed E-state index contributed by atoms with van der Waals surface area (Å²) in [5.41, 5.74) is 5.37. The van der Waals surface area contributed by atoms with Crippen molar-refractivity contribution in [2.75, 3.05) is 0 Å². The van der Waals surface area contributed by atoms with Gasteiger partial charge in [0.1, 0.15) is 5.75 Å². The molecule has 4 heteroatoms. The van der Waals surface area contributed by atoms with Gasteiger partial charge in [-0.15, -0.1) is 0 Å². The Morgan fingerprint density at radius 2 is 1.77 bits per heavy atom. The number of fused-ring (bicyclic) bond motifs is 1. The van der Waals surface area contributed by atoms with E-state index in [1.807, 2.05) is 30.3 Å². The zero-order chi connectivity index (χ0) is 15.9. The lowest BCUT2D eigenvalue weighted by molar-refractivity contribution is -0.158. The van der Waals surface area contributed by atoms with Crippen LogP contribution in [0.4, 0.5) is 8.78 Å². The highest BCUT2D eigenvalue weighted by Crippen LogP contribution is 2.39. The van der Waals surface area contributed by atoms with E-state index in [1.54, 1.807) is 12.1 Å². The first-order chi connectivity index (χ1) is 10.3. The van der Waals surface area contributed by atoms with Gasteiger partial charge < -0.3 is 4.74 Å². The molecule has 0 unspecified atom stereocenters. The van der Waals surface area contributed by atoms with E-state index < -0.39 is 6.11 Å². The van der Waals surface area contributed by atoms with Crippen LogP contribution in [0.5, 0.6) is 5.75 Å². The van der Waals surface area contributed by atoms with Gasteiger partial charge in [0, 0.05) is 11.9 Å². The first kappa shape index (κ1) is 15.0. The van der Waals surface area contributed by atoms with Crippen LogP contribution in [0, 0.1) is 0 Å². The summed E-state index contributed by atoms with van der Waals surface area (Å²) in [5, 5.41) is 0.669. The van der Waals surface area contributed by atoms with Crippen molar-refractivity contribution in [1.29, 1.82) is 0 Å². The van der Waals surface area contributed by atoms with E-state index in [0.29, 0.717) is 5.02 Å². The Morgan fingerprint density at radius 3 is 2.41 bits per heavy atom. The Kier molecular flexibility index (Phi) is 3.69. The first-order valence-corrected chi connectivity index (χ1v) is 7.37. The summed E-state index contributed by atoms with van der Waals surface area (Å²) in [6, 6.07) is 12.7. The number of hydrogen-bond donors (Lipinski definition) is 0. The lowest BCUT2D eigenvalue weighted by Gasteiger charge is -2.15. The van der Waals surface area contributed by atoms with E-state index in [2.05, 4.69) is 11.7 Å². The fraction of sp³-hybridized carbons (Fsp3) is 0.222. The van der Waals surface area contributed by atoms with Crippen LogP contribution in [0.25, 0.3) is 5.57 Å². The van der Waals surface area contributed by atoms with Gasteiger partial charge in [-0.1, -0.05) is 35.4 Å². The zero-order valence-electron chi connectivity index (χ0n) is 12.3. The standard InChI is InChI=1S/C18H15ClF2O/c1-11-9-13-5-8-15(22-18(2,20)21)10-16(13)17(11)12-3-6-14(19)7-4-12/h3-8,10H,9H2,1-2H3. The minimum absolute atomic E-state index is 0.174. The molecule has 2 aromatic rings. The van der Waals surface area contributed by atoms with E-state index in [0.717, 1.165) is 35.6 Å². The lowest BCUT2D eigenvalue weighted by Crippen LogP contribution is -2.19. The molecule has 0 bridgehead atoms. The van der Waals surface area contributed by atoms with Gasteiger partial charge in [-0.2, -0.15) is 8.78 Å². The summed E-state index contributed by atoms with van der Waals surface area (Å²) in [7, 11) is 0. The monoisotopic (exact) mass is 320 g/mol. The largest absolute Gasteiger partial charge is 0.433 e. The first-order valence-electron chi connectivity index (χ1n) is 6.99. The molecule has 0 aliphatic heterocycles. The average molecular weight is 321 g/mol. The minimum Gasteiger partial charge on any atom is -0.433 e. The average Bonchev–Trinajstić information content (AvgIpc) is 2.74. The van der Waals surface area contributed by atoms with E-state index in [4.69, 9.17) is 11.6 Å². The Balaban J connectivity index is 2.03. The number of halogens is 3. The lowest BCUT2D eigenvalue weighted by atomic mass is 9.98. The molecule has 1 aliphatic rings. The highest BCUT2D eigenvalue weighted by Gasteiger charge is 2.25. The number of rotatable bonds is 3. The maximum absolute atomic E-state index is 13.1. The summed E-state index contributed by atoms with van der Waals surface area (Å²) >= 11 is 5.93. The van der Waals surface area contributed by atoms with Crippen molar-refractivity contribution in [3.63, 3.8) is 0 Å². The van der Waals surface area contributed by atoms with Gasteiger partial charge in [0.05, 0.1) is 0 Å². The predicted octanol–water partition coefficient (Wildman–Crippen LogP) is 5.71. The minimum atomic E-state index is -3.19. The Bertz CT molecular complexity index is 743. The van der Waals surface area contributed by atoms with Gasteiger partial charge >= 0.3 is 6.11 Å². The van der Waals surface area contributed by atoms with Gasteiger partial charge in [0.15, 0.2) is 0 Å². The zero-order valence-corrected chi connectivity index (χ0v) is 13.0. The molecule has 0 radical (unpaired) electrons. The molecule has 114 valence electrons. The third-order valence-electron chi connectivity index (χ3n) is 3.66. The third-order valence-corrected chi connectivity index (χ3v) is 3.92. The smallest absolute Gasteiger partial charge is 0.394 e. The molecular weight excluding hydrogens is 306 g/mol. The molecule has 0 aromatic heterocycles. The van der Waals surface area contributed by atoms with Crippen molar-refractivity contribution in [3.8, 4) is 5.75 Å². The fourth-order valence-corrected chi connectivity index (χ4v) is 2.96. The molecule has 0 heterocycles. The molecule has 0 amide bonds. The van der Waals surface area contributed by atoms with Crippen LogP contribution < -0.4 is 4.74 Å². The number of allylic oxidation sites excluding steroid dienone is 1. The van der Waals surface area contributed by atoms with Crippen LogP contribution in [0.1, 0.15) is 30.5 Å². The Hall–Kier alpha value is -1.87. The van der Waals surface area contributed by atoms with Crippen molar-refractivity contribution in [2.45, 2.75) is 26.4 Å². The van der Waals surface area contributed by atoms with E-state index in [9.17, 15) is 8.78 Å². The predicted molar refractivity (Wildman–Crippen MR) is 84.5 cm³/mol. The molecule has 0 fully saturated rings. The normalized spacial score (nSPS) is 14.2. The summed E-state index contributed by atoms with van der Waals surface area (Å²) in [6.07, 6.45) is -2.37. The number of alkyl halides is 2. The van der Waals surface area contributed by atoms with E-state index in [-0.39, 0.29) is 5.75 Å². The molecule has 1 nitrogen and oxygen atoms in total. The van der Waals surface area contributed by atoms with Crippen molar-refractivity contribution < 1.29 is 13.5 Å². The van der Waals surface area contributed by atoms with Gasteiger partial charge in [-0.05, 0) is 59.9 Å². The molecule has 1 aliphatic carbocycles. The Labute approximate surface area is 133 Å². The van der Waals surface area contributed by atoms with Gasteiger partial charge in [0.2, 0.25) is 0 Å². The molecule has 0 saturated heterocycles. The van der Waals surface area contributed by atoms with Crippen molar-refractivity contribution in [2.24, 2.45) is 0 Å². The van der Waals surface area contributed by atoms with Crippen LogP contribution in [-0.2, 0) is 6.42 Å². The molecule has 0 spiro atoms. The van der Waals surface area contributed by atoms with E-state index in [1.165, 1.54) is 5.57 Å². The maximum Gasteiger partial charge on any atom is 0.394 e. The molecule has 2 aromatic carbocycles. The SMILES string of the molecule is CC1=C(c2ccc(Cl)cc2)c2cc(OC(C)(F)F)ccc2C1. The van der Waals surface area contributed by atoms with Crippen molar-refractivity contribution in [1.82, 2.24) is 0 Å². The number of hydrogen-bond acceptors (Lipinski definition) is 1. The van der Waals surface area contributed by atoms with Crippen LogP contribution >= 0.6 is 11.6 Å². The third kappa shape index (κ3) is 3.00. The van der Waals surface area contributed by atoms with Crippen molar-refractivity contribution >= 4 is 17.2 Å². The van der Waals surface area contributed by atoms with Gasteiger partial charge in [-0.3, -0.25) is 0 Å². The highest BCUT2D eigenvalue weighted by molar-refractivity contribution is 6.30. The van der Waals surface area contributed by atoms with Gasteiger partial charge in [-0.25, -0.2) is 0 Å². The van der Waals surface area contributed by atoms with E-state index >= 15 is 0 Å². The molecule has 22 heavy (non-hydrogen) atoms. The van der Waals surface area contributed by atoms with Crippen LogP contribution in [0.3, 0.4) is 0 Å². The molecule has 0 saturated carbocycles. The summed E-state index contributed by atoms with van der Waals surface area (Å²) in [6.45, 7) is 2.79. The molecule has 3 rings (SSSR count). The highest BCUT2D eigenvalue weighted by atomic mass is 35.5. The Morgan fingerprint density at radius 1 is 1.09 bits per heavy atom. The van der Waals surface area contributed by atoms with Crippen LogP contribution in [-0.4, -0.2) is 6.11 Å². The molecule has 0 N–H and O–H groups in total. The quantitative estimate of drug-likeness (QED) is 0.704. The summed E-state index contributed by atoms with van der Waals surface area (Å²) in [5.74, 6) is 0.174. The summed E-state index contributed by atoms with van der Waals surface area (Å²) < 4.78 is 30.8. The van der Waals surface area contributed by atoms with Gasteiger partial charge in [0.25, 0.3) is 0 Å². The van der Waals surface area contributed by atoms with Crippen molar-refractivity contribution in [3.05, 3.63) is 69.8 Å². The number of ether oxygens (including phenoxy) is 1. The number of benzene rings is 2. The second-order valence-electron chi connectivity index (χ2n) is 5.57. The second kappa shape index (κ2) is 5.40. The van der Waals surface area contributed by atoms with Crippen LogP contribution in [0.15, 0.2) is 48.0 Å². The summed E-state index contributed by atoms with van der Waals surface area (Å²) in [4.78, 5) is 0. The van der Waals surface area contributed by atoms with Crippen LogP contribution in [0.2, 0.25) is 5.02 Å². The topological polar surface area (TPSA) is 9.23 Å². The second-order valence-corrected chi connectivity index (χ2v) is 6.00. The maximum atomic E-state index is 13.1. The fourth-order valence-electron chi connectivity index (χ4n) is 2.84. The molecular formula is C18H15ClF2O. The molecule has 0 atom stereocenters.